The summed E-state index contributed by atoms with van der Waals surface area (Å²) in [5, 5.41) is 17.7. The summed E-state index contributed by atoms with van der Waals surface area (Å²) in [5.41, 5.74) is 2.78. The summed E-state index contributed by atoms with van der Waals surface area (Å²) < 4.78 is 21.0. The van der Waals surface area contributed by atoms with Crippen LogP contribution in [-0.2, 0) is 0 Å². The standard InChI is InChI=1S/C24H21BrClFN2O2/c1-2-31-17-7-3-14(4-8-17)21-13-22(19-12-16(26)6-10-23(19)30)29-24(28-21)18-11-15(25)5-9-20(18)27/h3-13,22,24,28-30H,2H2,1H3. The predicted molar refractivity (Wildman–Crippen MR) is 125 cm³/mol. The van der Waals surface area contributed by atoms with Crippen molar-refractivity contribution in [3.63, 3.8) is 0 Å². The van der Waals surface area contributed by atoms with Gasteiger partial charge in [-0.1, -0.05) is 27.5 Å². The number of hydrogen-bond acceptors (Lipinski definition) is 4. The number of aromatic hydroxyl groups is 1. The van der Waals surface area contributed by atoms with Gasteiger partial charge in [0.2, 0.25) is 0 Å². The average Bonchev–Trinajstić information content (AvgIpc) is 2.77. The van der Waals surface area contributed by atoms with Crippen LogP contribution in [0.3, 0.4) is 0 Å². The zero-order valence-corrected chi connectivity index (χ0v) is 19.0. The van der Waals surface area contributed by atoms with Gasteiger partial charge in [-0.25, -0.2) is 4.39 Å². The molecule has 4 nitrogen and oxygen atoms in total. The normalized spacial score (nSPS) is 18.3. The second kappa shape index (κ2) is 9.30. The van der Waals surface area contributed by atoms with E-state index in [2.05, 4.69) is 26.6 Å². The fourth-order valence-corrected chi connectivity index (χ4v) is 4.13. The number of benzene rings is 3. The van der Waals surface area contributed by atoms with Crippen LogP contribution in [0.5, 0.6) is 11.5 Å². The van der Waals surface area contributed by atoms with E-state index in [1.807, 2.05) is 37.3 Å². The van der Waals surface area contributed by atoms with E-state index < -0.39 is 12.2 Å². The van der Waals surface area contributed by atoms with E-state index in [-0.39, 0.29) is 11.6 Å². The highest BCUT2D eigenvalue weighted by molar-refractivity contribution is 9.10. The molecule has 0 fully saturated rings. The molecule has 2 atom stereocenters. The summed E-state index contributed by atoms with van der Waals surface area (Å²) in [4.78, 5) is 0. The lowest BCUT2D eigenvalue weighted by molar-refractivity contribution is 0.340. The van der Waals surface area contributed by atoms with E-state index in [1.165, 1.54) is 6.07 Å². The monoisotopic (exact) mass is 502 g/mol. The molecule has 0 spiro atoms. The van der Waals surface area contributed by atoms with Crippen molar-refractivity contribution >= 4 is 33.2 Å². The Balaban J connectivity index is 1.77. The number of rotatable bonds is 5. The van der Waals surface area contributed by atoms with Crippen LogP contribution in [0.2, 0.25) is 5.02 Å². The fourth-order valence-electron chi connectivity index (χ4n) is 3.57. The Morgan fingerprint density at radius 2 is 1.84 bits per heavy atom. The first-order valence-corrected chi connectivity index (χ1v) is 11.0. The van der Waals surface area contributed by atoms with Crippen LogP contribution in [0.1, 0.15) is 35.8 Å². The summed E-state index contributed by atoms with van der Waals surface area (Å²) in [5.74, 6) is 0.550. The summed E-state index contributed by atoms with van der Waals surface area (Å²) in [6.07, 6.45) is 1.42. The molecule has 3 N–H and O–H groups in total. The minimum atomic E-state index is -0.535. The SMILES string of the molecule is CCOc1ccc(C2=CC(c3cc(Cl)ccc3O)NC(c3cc(Br)ccc3F)N2)cc1. The van der Waals surface area contributed by atoms with Crippen molar-refractivity contribution in [2.75, 3.05) is 6.61 Å². The number of nitrogens with one attached hydrogen (secondary N) is 2. The second-order valence-corrected chi connectivity index (χ2v) is 8.48. The highest BCUT2D eigenvalue weighted by Gasteiger charge is 2.27. The summed E-state index contributed by atoms with van der Waals surface area (Å²) in [6.45, 7) is 2.52. The third kappa shape index (κ3) is 4.87. The molecule has 1 aliphatic rings. The van der Waals surface area contributed by atoms with Crippen LogP contribution in [0.15, 0.2) is 71.2 Å². The van der Waals surface area contributed by atoms with Crippen molar-refractivity contribution < 1.29 is 14.2 Å². The minimum Gasteiger partial charge on any atom is -0.508 e. The van der Waals surface area contributed by atoms with Gasteiger partial charge >= 0.3 is 0 Å². The van der Waals surface area contributed by atoms with E-state index in [1.54, 1.807) is 30.3 Å². The highest BCUT2D eigenvalue weighted by atomic mass is 79.9. The first-order chi connectivity index (χ1) is 14.9. The Bertz CT molecular complexity index is 1120. The van der Waals surface area contributed by atoms with Gasteiger partial charge < -0.3 is 15.2 Å². The number of phenols is 1. The Morgan fingerprint density at radius 1 is 1.06 bits per heavy atom. The maximum Gasteiger partial charge on any atom is 0.129 e. The second-order valence-electron chi connectivity index (χ2n) is 7.13. The van der Waals surface area contributed by atoms with Crippen molar-refractivity contribution in [2.45, 2.75) is 19.1 Å². The number of hydrogen-bond donors (Lipinski definition) is 3. The molecule has 0 saturated carbocycles. The van der Waals surface area contributed by atoms with Crippen LogP contribution < -0.4 is 15.4 Å². The fraction of sp³-hybridized carbons (Fsp3) is 0.167. The van der Waals surface area contributed by atoms with Crippen LogP contribution in [0.4, 0.5) is 4.39 Å². The van der Waals surface area contributed by atoms with E-state index in [0.717, 1.165) is 21.5 Å². The maximum atomic E-state index is 14.7. The predicted octanol–water partition coefficient (Wildman–Crippen LogP) is 6.32. The van der Waals surface area contributed by atoms with Gasteiger partial charge in [0.25, 0.3) is 0 Å². The summed E-state index contributed by atoms with van der Waals surface area (Å²) >= 11 is 9.60. The largest absolute Gasteiger partial charge is 0.508 e. The van der Waals surface area contributed by atoms with E-state index in [0.29, 0.717) is 22.8 Å². The van der Waals surface area contributed by atoms with Gasteiger partial charge in [-0.05, 0) is 79.2 Å². The van der Waals surface area contributed by atoms with Crippen molar-refractivity contribution in [2.24, 2.45) is 0 Å². The van der Waals surface area contributed by atoms with Crippen LogP contribution in [0.25, 0.3) is 5.70 Å². The molecule has 0 bridgehead atoms. The molecule has 0 amide bonds. The quantitative estimate of drug-likeness (QED) is 0.381. The molecule has 0 radical (unpaired) electrons. The lowest BCUT2D eigenvalue weighted by Crippen LogP contribution is -2.40. The zero-order chi connectivity index (χ0) is 22.0. The lowest BCUT2D eigenvalue weighted by atomic mass is 9.97. The summed E-state index contributed by atoms with van der Waals surface area (Å²) in [7, 11) is 0. The first kappa shape index (κ1) is 21.7. The molecule has 7 heteroatoms. The molecule has 4 rings (SSSR count). The highest BCUT2D eigenvalue weighted by Crippen LogP contribution is 2.35. The molecule has 31 heavy (non-hydrogen) atoms. The molecule has 2 unspecified atom stereocenters. The van der Waals surface area contributed by atoms with Crippen LogP contribution >= 0.6 is 27.5 Å². The molecule has 0 aromatic heterocycles. The Labute approximate surface area is 193 Å². The molecule has 160 valence electrons. The van der Waals surface area contributed by atoms with Gasteiger partial charge in [0.15, 0.2) is 0 Å². The number of halogens is 3. The maximum absolute atomic E-state index is 14.7. The van der Waals surface area contributed by atoms with E-state index in [4.69, 9.17) is 16.3 Å². The third-order valence-electron chi connectivity index (χ3n) is 5.05. The molecular formula is C24H21BrClFN2O2. The van der Waals surface area contributed by atoms with Crippen LogP contribution in [0, 0.1) is 5.82 Å². The summed E-state index contributed by atoms with van der Waals surface area (Å²) in [6, 6.07) is 17.0. The van der Waals surface area contributed by atoms with Gasteiger partial charge in [0.05, 0.1) is 12.6 Å². The molecule has 0 aliphatic carbocycles. The number of ether oxygens (including phenoxy) is 1. The lowest BCUT2D eigenvalue weighted by Gasteiger charge is -2.33. The van der Waals surface area contributed by atoms with Crippen molar-refractivity contribution in [3.8, 4) is 11.5 Å². The van der Waals surface area contributed by atoms with Gasteiger partial charge in [-0.15, -0.1) is 0 Å². The molecule has 3 aromatic carbocycles. The molecule has 1 aliphatic heterocycles. The van der Waals surface area contributed by atoms with Gasteiger partial charge in [0, 0.05) is 26.3 Å². The van der Waals surface area contributed by atoms with E-state index >= 15 is 0 Å². The van der Waals surface area contributed by atoms with E-state index in [9.17, 15) is 9.50 Å². The Hall–Kier alpha value is -2.54. The first-order valence-electron chi connectivity index (χ1n) is 9.85. The molecule has 1 heterocycles. The smallest absolute Gasteiger partial charge is 0.129 e. The van der Waals surface area contributed by atoms with Crippen molar-refractivity contribution in [1.29, 1.82) is 0 Å². The zero-order valence-electron chi connectivity index (χ0n) is 16.7. The molecular weight excluding hydrogens is 483 g/mol. The molecule has 0 saturated heterocycles. The van der Waals surface area contributed by atoms with Crippen LogP contribution in [-0.4, -0.2) is 11.7 Å². The third-order valence-corrected chi connectivity index (χ3v) is 5.78. The van der Waals surface area contributed by atoms with Gasteiger partial charge in [-0.2, -0.15) is 0 Å². The van der Waals surface area contributed by atoms with Gasteiger partial charge in [-0.3, -0.25) is 5.32 Å². The minimum absolute atomic E-state index is 0.111. The molecule has 3 aromatic rings. The van der Waals surface area contributed by atoms with Crippen molar-refractivity contribution in [1.82, 2.24) is 10.6 Å². The van der Waals surface area contributed by atoms with Gasteiger partial charge in [0.1, 0.15) is 23.5 Å². The van der Waals surface area contributed by atoms with Crippen molar-refractivity contribution in [3.05, 3.63) is 98.7 Å². The average molecular weight is 504 g/mol. The Morgan fingerprint density at radius 3 is 2.58 bits per heavy atom. The Kier molecular flexibility index (Phi) is 6.51. The topological polar surface area (TPSA) is 53.5 Å². The number of phenolic OH excluding ortho intramolecular Hbond substituents is 1.